The lowest BCUT2D eigenvalue weighted by Gasteiger charge is -2.21. The Morgan fingerprint density at radius 2 is 2.33 bits per heavy atom. The summed E-state index contributed by atoms with van der Waals surface area (Å²) in [5.74, 6) is -0.507. The van der Waals surface area contributed by atoms with E-state index in [9.17, 15) is 9.59 Å². The number of aromatic nitrogens is 1. The third-order valence-corrected chi connectivity index (χ3v) is 2.40. The van der Waals surface area contributed by atoms with Gasteiger partial charge in [-0.2, -0.15) is 0 Å². The first kappa shape index (κ1) is 9.66. The Hall–Kier alpha value is -1.89. The van der Waals surface area contributed by atoms with Gasteiger partial charge in [0.05, 0.1) is 0 Å². The lowest BCUT2D eigenvalue weighted by atomic mass is 9.93. The molecular formula is C8H10N4O3. The second-order valence-corrected chi connectivity index (χ2v) is 3.36. The van der Waals surface area contributed by atoms with Crippen LogP contribution in [0.3, 0.4) is 0 Å². The summed E-state index contributed by atoms with van der Waals surface area (Å²) < 4.78 is 4.73. The van der Waals surface area contributed by atoms with E-state index in [1.54, 1.807) is 6.92 Å². The third kappa shape index (κ3) is 1.20. The molecule has 4 N–H and O–H groups in total. The molecule has 1 atom stereocenters. The summed E-state index contributed by atoms with van der Waals surface area (Å²) in [5.41, 5.74) is 5.23. The van der Waals surface area contributed by atoms with Crippen LogP contribution in [0.4, 0.5) is 4.79 Å². The van der Waals surface area contributed by atoms with Gasteiger partial charge in [0, 0.05) is 12.1 Å². The van der Waals surface area contributed by atoms with Crippen molar-refractivity contribution in [1.82, 2.24) is 15.8 Å². The standard InChI is InChI=1S/C8H10N4O3/c1-4-2-15-12-5(4)8(3-9)6(13)10-7(14)11-8/h2H,3,9H2,1H3,(H2,10,11,13,14). The van der Waals surface area contributed by atoms with E-state index < -0.39 is 17.5 Å². The van der Waals surface area contributed by atoms with E-state index in [2.05, 4.69) is 15.8 Å². The maximum atomic E-state index is 11.6. The van der Waals surface area contributed by atoms with E-state index in [0.29, 0.717) is 11.3 Å². The van der Waals surface area contributed by atoms with Crippen LogP contribution in [-0.4, -0.2) is 23.6 Å². The molecule has 1 fully saturated rings. The molecule has 0 aromatic carbocycles. The van der Waals surface area contributed by atoms with Gasteiger partial charge in [0.25, 0.3) is 5.91 Å². The largest absolute Gasteiger partial charge is 0.364 e. The maximum Gasteiger partial charge on any atom is 0.322 e. The van der Waals surface area contributed by atoms with Crippen LogP contribution in [0.15, 0.2) is 10.8 Å². The Labute approximate surface area is 85.0 Å². The fourth-order valence-corrected chi connectivity index (χ4v) is 1.60. The van der Waals surface area contributed by atoms with Crippen molar-refractivity contribution in [3.63, 3.8) is 0 Å². The molecule has 2 heterocycles. The highest BCUT2D eigenvalue weighted by atomic mass is 16.5. The molecule has 0 spiro atoms. The number of carbonyl (C=O) groups excluding carboxylic acids is 2. The molecule has 0 aliphatic carbocycles. The van der Waals surface area contributed by atoms with Crippen LogP contribution in [0.5, 0.6) is 0 Å². The number of aryl methyl sites for hydroxylation is 1. The average molecular weight is 210 g/mol. The van der Waals surface area contributed by atoms with Crippen LogP contribution in [0.25, 0.3) is 0 Å². The van der Waals surface area contributed by atoms with Gasteiger partial charge in [-0.05, 0) is 6.92 Å². The van der Waals surface area contributed by atoms with Gasteiger partial charge in [-0.3, -0.25) is 10.1 Å². The van der Waals surface area contributed by atoms with Crippen LogP contribution in [0.1, 0.15) is 11.3 Å². The van der Waals surface area contributed by atoms with Crippen LogP contribution in [0.2, 0.25) is 0 Å². The quantitative estimate of drug-likeness (QED) is 0.541. The minimum Gasteiger partial charge on any atom is -0.364 e. The van der Waals surface area contributed by atoms with Gasteiger partial charge in [-0.25, -0.2) is 4.79 Å². The Morgan fingerprint density at radius 3 is 2.73 bits per heavy atom. The summed E-state index contributed by atoms with van der Waals surface area (Å²) in [5, 5.41) is 8.28. The number of urea groups is 1. The topological polar surface area (TPSA) is 110 Å². The molecular weight excluding hydrogens is 200 g/mol. The number of nitrogens with one attached hydrogen (secondary N) is 2. The molecule has 1 aliphatic heterocycles. The van der Waals surface area contributed by atoms with E-state index in [4.69, 9.17) is 10.3 Å². The highest BCUT2D eigenvalue weighted by Crippen LogP contribution is 2.25. The summed E-state index contributed by atoms with van der Waals surface area (Å²) in [7, 11) is 0. The maximum absolute atomic E-state index is 11.6. The molecule has 1 aromatic rings. The molecule has 7 heteroatoms. The highest BCUT2D eigenvalue weighted by molar-refractivity contribution is 6.07. The van der Waals surface area contributed by atoms with Crippen molar-refractivity contribution in [2.45, 2.75) is 12.5 Å². The fourth-order valence-electron chi connectivity index (χ4n) is 1.60. The predicted octanol–water partition coefficient (Wildman–Crippen LogP) is -1.02. The first-order chi connectivity index (χ1) is 7.10. The minimum absolute atomic E-state index is 0.0715. The third-order valence-electron chi connectivity index (χ3n) is 2.40. The number of nitrogens with two attached hydrogens (primary N) is 1. The van der Waals surface area contributed by atoms with Gasteiger partial charge in [0.15, 0.2) is 5.54 Å². The second-order valence-electron chi connectivity index (χ2n) is 3.36. The van der Waals surface area contributed by atoms with Crippen LogP contribution >= 0.6 is 0 Å². The number of amides is 3. The van der Waals surface area contributed by atoms with Gasteiger partial charge in [-0.1, -0.05) is 5.16 Å². The molecule has 0 bridgehead atoms. The first-order valence-electron chi connectivity index (χ1n) is 4.35. The summed E-state index contributed by atoms with van der Waals surface area (Å²) in [4.78, 5) is 22.7. The fraction of sp³-hybridized carbons (Fsp3) is 0.375. The molecule has 3 amide bonds. The normalized spacial score (nSPS) is 25.2. The number of hydrogen-bond acceptors (Lipinski definition) is 5. The monoisotopic (exact) mass is 210 g/mol. The van der Waals surface area contributed by atoms with Crippen molar-refractivity contribution in [1.29, 1.82) is 0 Å². The second kappa shape index (κ2) is 3.06. The van der Waals surface area contributed by atoms with Crippen molar-refractivity contribution in [3.8, 4) is 0 Å². The van der Waals surface area contributed by atoms with Crippen molar-refractivity contribution in [3.05, 3.63) is 17.5 Å². The predicted molar refractivity (Wildman–Crippen MR) is 48.6 cm³/mol. The van der Waals surface area contributed by atoms with E-state index in [1.807, 2.05) is 0 Å². The van der Waals surface area contributed by atoms with E-state index in [-0.39, 0.29) is 6.54 Å². The van der Waals surface area contributed by atoms with Gasteiger partial charge < -0.3 is 15.6 Å². The molecule has 80 valence electrons. The Bertz CT molecular complexity index is 427. The molecule has 0 saturated carbocycles. The van der Waals surface area contributed by atoms with Crippen LogP contribution in [-0.2, 0) is 10.3 Å². The summed E-state index contributed by atoms with van der Waals surface area (Å²) >= 11 is 0. The van der Waals surface area contributed by atoms with Gasteiger partial charge in [0.1, 0.15) is 12.0 Å². The number of nitrogens with zero attached hydrogens (tertiary/aromatic N) is 1. The van der Waals surface area contributed by atoms with Gasteiger partial charge >= 0.3 is 6.03 Å². The number of imide groups is 1. The zero-order valence-electron chi connectivity index (χ0n) is 8.03. The average Bonchev–Trinajstić information content (AvgIpc) is 2.71. The van der Waals surface area contributed by atoms with Crippen molar-refractivity contribution in [2.75, 3.05) is 6.54 Å². The van der Waals surface area contributed by atoms with E-state index >= 15 is 0 Å². The van der Waals surface area contributed by atoms with Crippen molar-refractivity contribution in [2.24, 2.45) is 5.73 Å². The number of carbonyl (C=O) groups is 2. The summed E-state index contributed by atoms with van der Waals surface area (Å²) in [6.45, 7) is 1.65. The molecule has 0 radical (unpaired) electrons. The summed E-state index contributed by atoms with van der Waals surface area (Å²) in [6.07, 6.45) is 1.39. The van der Waals surface area contributed by atoms with Crippen LogP contribution < -0.4 is 16.4 Å². The molecule has 7 nitrogen and oxygen atoms in total. The Balaban J connectivity index is 2.51. The molecule has 1 unspecified atom stereocenters. The van der Waals surface area contributed by atoms with Gasteiger partial charge in [0.2, 0.25) is 0 Å². The Kier molecular flexibility index (Phi) is 1.97. The minimum atomic E-state index is -1.30. The molecule has 1 aliphatic rings. The van der Waals surface area contributed by atoms with E-state index in [0.717, 1.165) is 0 Å². The van der Waals surface area contributed by atoms with Crippen LogP contribution in [0, 0.1) is 6.92 Å². The van der Waals surface area contributed by atoms with Crippen molar-refractivity contribution < 1.29 is 14.1 Å². The highest BCUT2D eigenvalue weighted by Gasteiger charge is 2.49. The van der Waals surface area contributed by atoms with Crippen molar-refractivity contribution >= 4 is 11.9 Å². The smallest absolute Gasteiger partial charge is 0.322 e. The zero-order chi connectivity index (χ0) is 11.1. The zero-order valence-corrected chi connectivity index (χ0v) is 8.03. The van der Waals surface area contributed by atoms with E-state index in [1.165, 1.54) is 6.26 Å². The molecule has 2 rings (SSSR count). The molecule has 1 saturated heterocycles. The van der Waals surface area contributed by atoms with Gasteiger partial charge in [-0.15, -0.1) is 0 Å². The Morgan fingerprint density at radius 1 is 1.60 bits per heavy atom. The first-order valence-corrected chi connectivity index (χ1v) is 4.35. The SMILES string of the molecule is Cc1conc1C1(CN)NC(=O)NC1=O. The lowest BCUT2D eigenvalue weighted by Crippen LogP contribution is -2.50. The molecule has 15 heavy (non-hydrogen) atoms. The molecule has 1 aromatic heterocycles. The number of rotatable bonds is 2. The lowest BCUT2D eigenvalue weighted by molar-refractivity contribution is -0.124. The number of hydrogen-bond donors (Lipinski definition) is 3. The summed E-state index contributed by atoms with van der Waals surface area (Å²) in [6, 6.07) is -0.576.